The molecule has 0 unspecified atom stereocenters. The number of amides is 3. The number of likely N-dealkylation sites (tertiary alicyclic amines) is 2. The number of rotatable bonds is 11. The van der Waals surface area contributed by atoms with E-state index in [1.54, 1.807) is 40.1 Å². The van der Waals surface area contributed by atoms with Crippen molar-refractivity contribution in [1.82, 2.24) is 19.6 Å². The molecule has 3 aliphatic heterocycles. The van der Waals surface area contributed by atoms with Gasteiger partial charge in [-0.15, -0.1) is 0 Å². The number of ether oxygens (including phenoxy) is 1. The van der Waals surface area contributed by atoms with Crippen molar-refractivity contribution in [1.29, 1.82) is 5.41 Å². The molecule has 6 rings (SSSR count). The zero-order valence-corrected chi connectivity index (χ0v) is 31.3. The summed E-state index contributed by atoms with van der Waals surface area (Å²) in [5, 5.41) is 8.50. The molecule has 0 radical (unpaired) electrons. The van der Waals surface area contributed by atoms with Gasteiger partial charge in [-0.1, -0.05) is 49.6 Å². The number of piperazine rings is 1. The number of halogens is 1. The van der Waals surface area contributed by atoms with E-state index in [0.717, 1.165) is 51.9 Å². The number of piperidine rings is 2. The first-order valence-electron chi connectivity index (χ1n) is 19.5. The predicted molar refractivity (Wildman–Crippen MR) is 205 cm³/mol. The highest BCUT2D eigenvalue weighted by molar-refractivity contribution is 6.05. The Hall–Kier alpha value is -4.00. The fourth-order valence-corrected chi connectivity index (χ4v) is 8.13. The van der Waals surface area contributed by atoms with E-state index in [-0.39, 0.29) is 37.2 Å². The van der Waals surface area contributed by atoms with Crippen LogP contribution in [0.15, 0.2) is 42.5 Å². The van der Waals surface area contributed by atoms with Gasteiger partial charge in [0.15, 0.2) is 6.29 Å². The van der Waals surface area contributed by atoms with Crippen molar-refractivity contribution >= 4 is 29.7 Å². The predicted octanol–water partition coefficient (Wildman–Crippen LogP) is 4.80. The molecule has 1 saturated carbocycles. The van der Waals surface area contributed by atoms with E-state index in [1.165, 1.54) is 51.3 Å². The highest BCUT2D eigenvalue weighted by Crippen LogP contribution is 2.28. The lowest BCUT2D eigenvalue weighted by atomic mass is 9.86. The van der Waals surface area contributed by atoms with Crippen molar-refractivity contribution in [2.45, 2.75) is 82.8 Å². The molecule has 290 valence electrons. The zero-order valence-electron chi connectivity index (χ0n) is 31.3. The number of nitrogens with one attached hydrogen (secondary N) is 1. The number of carbonyl (C=O) groups excluding carboxylic acids is 4. The Bertz CT molecular complexity index is 1560. The SMILES string of the molecule is CN.N=C(Cc1ccc(F)c(C(=O)N2CCN(C(=O)CN3CCC(OC4CCN(C(=O)CC5CCCCC5)CC4)CC3)CC2)c1)c1ccccc1C=O.[HH]. The second-order valence-electron chi connectivity index (χ2n) is 14.7. The fourth-order valence-electron chi connectivity index (χ4n) is 8.13. The lowest BCUT2D eigenvalue weighted by Crippen LogP contribution is -2.53. The van der Waals surface area contributed by atoms with Crippen molar-refractivity contribution in [3.8, 4) is 0 Å². The third kappa shape index (κ3) is 11.0. The molecule has 4 fully saturated rings. The van der Waals surface area contributed by atoms with E-state index in [4.69, 9.17) is 10.1 Å². The molecule has 1 aliphatic carbocycles. The second-order valence-corrected chi connectivity index (χ2v) is 14.7. The monoisotopic (exact) mass is 734 g/mol. The Kier molecular flexibility index (Phi) is 15.1. The minimum atomic E-state index is -0.625. The molecule has 3 heterocycles. The van der Waals surface area contributed by atoms with Crippen molar-refractivity contribution in [2.75, 3.05) is 66.0 Å². The topological polar surface area (TPSA) is 140 Å². The summed E-state index contributed by atoms with van der Waals surface area (Å²) < 4.78 is 21.3. The van der Waals surface area contributed by atoms with Crippen molar-refractivity contribution in [3.05, 3.63) is 70.5 Å². The maximum atomic E-state index is 14.9. The van der Waals surface area contributed by atoms with E-state index in [1.807, 2.05) is 4.90 Å². The first kappa shape index (κ1) is 40.2. The van der Waals surface area contributed by atoms with Gasteiger partial charge in [0.1, 0.15) is 5.82 Å². The van der Waals surface area contributed by atoms with Crippen LogP contribution >= 0.6 is 0 Å². The van der Waals surface area contributed by atoms with Crippen molar-refractivity contribution in [3.63, 3.8) is 0 Å². The molecule has 0 spiro atoms. The third-order valence-electron chi connectivity index (χ3n) is 11.2. The van der Waals surface area contributed by atoms with E-state index in [0.29, 0.717) is 73.9 Å². The summed E-state index contributed by atoms with van der Waals surface area (Å²) in [6.07, 6.45) is 11.7. The van der Waals surface area contributed by atoms with Crippen LogP contribution in [0.4, 0.5) is 4.39 Å². The molecule has 0 aromatic heterocycles. The number of carbonyl (C=O) groups is 4. The van der Waals surface area contributed by atoms with E-state index < -0.39 is 11.7 Å². The normalized spacial score (nSPS) is 19.3. The second kappa shape index (κ2) is 19.9. The molecule has 0 bridgehead atoms. The molecule has 12 heteroatoms. The number of nitrogens with two attached hydrogens (primary N) is 1. The van der Waals surface area contributed by atoms with Crippen molar-refractivity contribution in [2.24, 2.45) is 11.7 Å². The standard InChI is InChI=1S/C40H52FN5O5.CH5N.H2/c41-36-11-10-30(25-37(42)34-9-5-4-8-31(34)28-47)24-35(36)40(50)46-22-20-45(21-23-46)39(49)27-43-16-12-32(13-17-43)51-33-14-18-44(19-15-33)38(48)26-29-6-2-1-3-7-29;1-2;/h4-5,8-11,24,28-29,32-33,42H,1-3,6-7,12-23,25-27H2;2H2,1H3;1H. The number of aldehydes is 1. The van der Waals surface area contributed by atoms with Gasteiger partial charge >= 0.3 is 0 Å². The van der Waals surface area contributed by atoms with Gasteiger partial charge in [0, 0.05) is 83.5 Å². The molecule has 0 atom stereocenters. The molecular weight excluding hydrogens is 675 g/mol. The van der Waals surface area contributed by atoms with E-state index in [9.17, 15) is 23.6 Å². The van der Waals surface area contributed by atoms with Gasteiger partial charge in [0.25, 0.3) is 5.91 Å². The average molecular weight is 735 g/mol. The number of hydrogen-bond acceptors (Lipinski definition) is 8. The van der Waals surface area contributed by atoms with Gasteiger partial charge < -0.3 is 30.6 Å². The minimum absolute atomic E-state index is 0. The Morgan fingerprint density at radius 3 is 2.06 bits per heavy atom. The van der Waals surface area contributed by atoms with Gasteiger partial charge in [-0.2, -0.15) is 0 Å². The minimum Gasteiger partial charge on any atom is -0.375 e. The van der Waals surface area contributed by atoms with Gasteiger partial charge in [-0.3, -0.25) is 24.1 Å². The zero-order chi connectivity index (χ0) is 37.7. The molecule has 11 nitrogen and oxygen atoms in total. The van der Waals surface area contributed by atoms with Crippen LogP contribution < -0.4 is 5.73 Å². The smallest absolute Gasteiger partial charge is 0.256 e. The molecule has 3 N–H and O–H groups in total. The molecule has 3 amide bonds. The molecule has 53 heavy (non-hydrogen) atoms. The average Bonchev–Trinajstić information content (AvgIpc) is 3.20. The number of hydrogen-bond donors (Lipinski definition) is 2. The first-order valence-corrected chi connectivity index (χ1v) is 19.5. The molecule has 2 aromatic carbocycles. The number of benzene rings is 2. The van der Waals surface area contributed by atoms with Gasteiger partial charge in [0.2, 0.25) is 11.8 Å². The Balaban J connectivity index is 0.00000213. The van der Waals surface area contributed by atoms with Crippen LogP contribution in [0.5, 0.6) is 0 Å². The molecule has 3 saturated heterocycles. The maximum Gasteiger partial charge on any atom is 0.256 e. The summed E-state index contributed by atoms with van der Waals surface area (Å²) >= 11 is 0. The first-order chi connectivity index (χ1) is 25.8. The van der Waals surface area contributed by atoms with E-state index >= 15 is 0 Å². The summed E-state index contributed by atoms with van der Waals surface area (Å²) in [6.45, 7) is 4.90. The summed E-state index contributed by atoms with van der Waals surface area (Å²) in [7, 11) is 1.50. The van der Waals surface area contributed by atoms with E-state index in [2.05, 4.69) is 10.6 Å². The van der Waals surface area contributed by atoms with Crippen LogP contribution in [0.25, 0.3) is 0 Å². The fraction of sp³-hybridized carbons (Fsp3) is 0.585. The lowest BCUT2D eigenvalue weighted by molar-refractivity contribution is -0.138. The summed E-state index contributed by atoms with van der Waals surface area (Å²) in [5.74, 6) is -0.130. The molecule has 4 aliphatic rings. The third-order valence-corrected chi connectivity index (χ3v) is 11.2. The van der Waals surface area contributed by atoms with Crippen LogP contribution in [0, 0.1) is 17.1 Å². The van der Waals surface area contributed by atoms with Crippen LogP contribution in [-0.4, -0.2) is 127 Å². The Morgan fingerprint density at radius 1 is 0.792 bits per heavy atom. The summed E-state index contributed by atoms with van der Waals surface area (Å²) in [5.41, 5.74) is 6.18. The van der Waals surface area contributed by atoms with Gasteiger partial charge in [0.05, 0.1) is 24.3 Å². The number of nitrogens with zero attached hydrogens (tertiary/aromatic N) is 4. The Morgan fingerprint density at radius 2 is 1.40 bits per heavy atom. The Labute approximate surface area is 315 Å². The summed E-state index contributed by atoms with van der Waals surface area (Å²) in [4.78, 5) is 58.4. The quantitative estimate of drug-likeness (QED) is 0.250. The summed E-state index contributed by atoms with van der Waals surface area (Å²) in [6, 6.07) is 11.1. The largest absolute Gasteiger partial charge is 0.375 e. The van der Waals surface area contributed by atoms with Crippen molar-refractivity contribution < 1.29 is 29.7 Å². The maximum absolute atomic E-state index is 14.9. The van der Waals surface area contributed by atoms with Crippen LogP contribution in [-0.2, 0) is 20.7 Å². The van der Waals surface area contributed by atoms with Crippen LogP contribution in [0.2, 0.25) is 0 Å². The van der Waals surface area contributed by atoms with Gasteiger partial charge in [-0.25, -0.2) is 4.39 Å². The van der Waals surface area contributed by atoms with Crippen LogP contribution in [0.1, 0.15) is 97.5 Å². The highest BCUT2D eigenvalue weighted by atomic mass is 19.1. The van der Waals surface area contributed by atoms with Gasteiger partial charge in [-0.05, 0) is 69.2 Å². The molecule has 2 aromatic rings. The van der Waals surface area contributed by atoms with Crippen LogP contribution in [0.3, 0.4) is 0 Å². The lowest BCUT2D eigenvalue weighted by Gasteiger charge is -2.38. The highest BCUT2D eigenvalue weighted by Gasteiger charge is 2.31. The molecular formula is C41H59FN6O5.